The molecule has 0 saturated carbocycles. The summed E-state index contributed by atoms with van der Waals surface area (Å²) in [5, 5.41) is 9.59. The molecule has 0 radical (unpaired) electrons. The number of thiazole rings is 1. The smallest absolute Gasteiger partial charge is 0.191 e. The van der Waals surface area contributed by atoms with Gasteiger partial charge < -0.3 is 10.6 Å². The zero-order chi connectivity index (χ0) is 20.7. The van der Waals surface area contributed by atoms with Gasteiger partial charge in [0.25, 0.3) is 0 Å². The van der Waals surface area contributed by atoms with Crippen LogP contribution in [0, 0.1) is 0 Å². The first kappa shape index (κ1) is 21.0. The average molecular weight is 429 g/mol. The van der Waals surface area contributed by atoms with Crippen LogP contribution in [0.1, 0.15) is 10.6 Å². The molecule has 0 fully saturated rings. The van der Waals surface area contributed by atoms with E-state index in [1.165, 1.54) is 6.26 Å². The van der Waals surface area contributed by atoms with E-state index in [2.05, 4.69) is 38.1 Å². The van der Waals surface area contributed by atoms with Gasteiger partial charge in [0.1, 0.15) is 5.01 Å². The largest absolute Gasteiger partial charge is 0.356 e. The van der Waals surface area contributed by atoms with Gasteiger partial charge >= 0.3 is 0 Å². The molecule has 3 aromatic rings. The van der Waals surface area contributed by atoms with Gasteiger partial charge in [-0.1, -0.05) is 42.5 Å². The topological polar surface area (TPSA) is 83.5 Å². The first-order valence-corrected chi connectivity index (χ1v) is 12.0. The van der Waals surface area contributed by atoms with Crippen molar-refractivity contribution >= 4 is 27.1 Å². The summed E-state index contributed by atoms with van der Waals surface area (Å²) in [4.78, 5) is 9.24. The maximum Gasteiger partial charge on any atom is 0.191 e. The second-order valence-electron chi connectivity index (χ2n) is 6.51. The van der Waals surface area contributed by atoms with Crippen LogP contribution in [0.4, 0.5) is 0 Å². The van der Waals surface area contributed by atoms with Crippen LogP contribution >= 0.6 is 11.3 Å². The summed E-state index contributed by atoms with van der Waals surface area (Å²) >= 11 is 1.62. The number of rotatable bonds is 7. The highest BCUT2D eigenvalue weighted by molar-refractivity contribution is 7.90. The number of nitrogens with zero attached hydrogens (tertiary/aromatic N) is 2. The van der Waals surface area contributed by atoms with E-state index >= 15 is 0 Å². The van der Waals surface area contributed by atoms with Crippen LogP contribution in [0.5, 0.6) is 0 Å². The molecule has 29 heavy (non-hydrogen) atoms. The van der Waals surface area contributed by atoms with E-state index < -0.39 is 9.84 Å². The first-order chi connectivity index (χ1) is 14.0. The van der Waals surface area contributed by atoms with Crippen molar-refractivity contribution in [2.45, 2.75) is 17.9 Å². The molecule has 0 saturated heterocycles. The molecule has 0 unspecified atom stereocenters. The fourth-order valence-corrected chi connectivity index (χ4v) is 4.12. The highest BCUT2D eigenvalue weighted by Crippen LogP contribution is 2.21. The molecule has 0 aliphatic heterocycles. The lowest BCUT2D eigenvalue weighted by Crippen LogP contribution is -2.37. The van der Waals surface area contributed by atoms with Gasteiger partial charge in [-0.2, -0.15) is 0 Å². The normalized spacial score (nSPS) is 12.0. The van der Waals surface area contributed by atoms with E-state index in [9.17, 15) is 8.42 Å². The second kappa shape index (κ2) is 9.67. The van der Waals surface area contributed by atoms with Gasteiger partial charge in [0.15, 0.2) is 15.8 Å². The van der Waals surface area contributed by atoms with Crippen LogP contribution in [-0.2, 0) is 22.8 Å². The maximum absolute atomic E-state index is 11.5. The molecule has 1 aromatic heterocycles. The van der Waals surface area contributed by atoms with E-state index in [1.807, 2.05) is 30.3 Å². The minimum atomic E-state index is -3.16. The lowest BCUT2D eigenvalue weighted by Gasteiger charge is -2.11. The number of aliphatic imine (C=N–C) groups is 1. The van der Waals surface area contributed by atoms with Crippen molar-refractivity contribution in [3.05, 3.63) is 70.5 Å². The lowest BCUT2D eigenvalue weighted by atomic mass is 10.1. The van der Waals surface area contributed by atoms with Gasteiger partial charge in [-0.05, 0) is 24.1 Å². The predicted octanol–water partition coefficient (Wildman–Crippen LogP) is 3.12. The molecule has 0 aliphatic rings. The van der Waals surface area contributed by atoms with E-state index in [0.717, 1.165) is 28.2 Å². The molecule has 2 aromatic carbocycles. The summed E-state index contributed by atoms with van der Waals surface area (Å²) < 4.78 is 23.0. The van der Waals surface area contributed by atoms with Crippen molar-refractivity contribution in [3.63, 3.8) is 0 Å². The maximum atomic E-state index is 11.5. The Morgan fingerprint density at radius 3 is 2.45 bits per heavy atom. The standard InChI is InChI=1S/C21H24N4O2S2/c1-22-21(23-13-12-16-8-10-18(11-9-16)29(2,26)27)24-14-20-25-19(15-28-20)17-6-4-3-5-7-17/h3-11,15H,12-14H2,1-2H3,(H2,22,23,24). The fraction of sp³-hybridized carbons (Fsp3) is 0.238. The summed E-state index contributed by atoms with van der Waals surface area (Å²) in [6, 6.07) is 17.1. The number of guanidine groups is 1. The Morgan fingerprint density at radius 1 is 1.07 bits per heavy atom. The lowest BCUT2D eigenvalue weighted by molar-refractivity contribution is 0.602. The highest BCUT2D eigenvalue weighted by Gasteiger charge is 2.07. The van der Waals surface area contributed by atoms with Crippen molar-refractivity contribution in [2.24, 2.45) is 4.99 Å². The van der Waals surface area contributed by atoms with Crippen molar-refractivity contribution < 1.29 is 8.42 Å². The fourth-order valence-electron chi connectivity index (χ4n) is 2.74. The molecule has 1 heterocycles. The minimum absolute atomic E-state index is 0.338. The zero-order valence-corrected chi connectivity index (χ0v) is 18.1. The zero-order valence-electron chi connectivity index (χ0n) is 16.4. The summed E-state index contributed by atoms with van der Waals surface area (Å²) in [6.45, 7) is 1.28. The van der Waals surface area contributed by atoms with Gasteiger partial charge in [0, 0.05) is 30.8 Å². The Morgan fingerprint density at radius 2 is 1.79 bits per heavy atom. The van der Waals surface area contributed by atoms with Crippen LogP contribution in [0.2, 0.25) is 0 Å². The molecule has 152 valence electrons. The van der Waals surface area contributed by atoms with Crippen molar-refractivity contribution in [1.29, 1.82) is 0 Å². The summed E-state index contributed by atoms with van der Waals surface area (Å²) in [5.74, 6) is 0.703. The molecule has 0 atom stereocenters. The summed E-state index contributed by atoms with van der Waals surface area (Å²) in [6.07, 6.45) is 1.98. The Bertz CT molecular complexity index is 1060. The van der Waals surface area contributed by atoms with Crippen LogP contribution < -0.4 is 10.6 Å². The van der Waals surface area contributed by atoms with Crippen LogP contribution in [0.25, 0.3) is 11.3 Å². The number of hydrogen-bond acceptors (Lipinski definition) is 5. The molecular weight excluding hydrogens is 404 g/mol. The number of aromatic nitrogens is 1. The third-order valence-corrected chi connectivity index (χ3v) is 6.29. The van der Waals surface area contributed by atoms with Gasteiger partial charge in [-0.3, -0.25) is 4.99 Å². The second-order valence-corrected chi connectivity index (χ2v) is 9.47. The average Bonchev–Trinajstić information content (AvgIpc) is 3.20. The van der Waals surface area contributed by atoms with Crippen molar-refractivity contribution in [2.75, 3.05) is 19.8 Å². The minimum Gasteiger partial charge on any atom is -0.356 e. The first-order valence-electron chi connectivity index (χ1n) is 9.19. The molecular formula is C21H24N4O2S2. The van der Waals surface area contributed by atoms with Crippen LogP contribution in [0.3, 0.4) is 0 Å². The summed E-state index contributed by atoms with van der Waals surface area (Å²) in [5.41, 5.74) is 3.15. The monoisotopic (exact) mass is 428 g/mol. The molecule has 0 aliphatic carbocycles. The van der Waals surface area contributed by atoms with Gasteiger partial charge in [0.05, 0.1) is 17.1 Å². The van der Waals surface area contributed by atoms with E-state index in [1.54, 1.807) is 30.5 Å². The Hall–Kier alpha value is -2.71. The van der Waals surface area contributed by atoms with E-state index in [0.29, 0.717) is 23.9 Å². The molecule has 2 N–H and O–H groups in total. The molecule has 3 rings (SSSR count). The molecule has 8 heteroatoms. The third kappa shape index (κ3) is 6.13. The van der Waals surface area contributed by atoms with Gasteiger partial charge in [-0.15, -0.1) is 11.3 Å². The SMILES string of the molecule is CN=C(NCCc1ccc(S(C)(=O)=O)cc1)NCc1nc(-c2ccccc2)cs1. The molecule has 0 amide bonds. The van der Waals surface area contributed by atoms with Gasteiger partial charge in [0.2, 0.25) is 0 Å². The van der Waals surface area contributed by atoms with Crippen LogP contribution in [0.15, 0.2) is 69.9 Å². The third-order valence-electron chi connectivity index (χ3n) is 4.31. The number of hydrogen-bond donors (Lipinski definition) is 2. The summed E-state index contributed by atoms with van der Waals surface area (Å²) in [7, 11) is -1.43. The highest BCUT2D eigenvalue weighted by atomic mass is 32.2. The molecule has 0 bridgehead atoms. The molecule has 0 spiro atoms. The quantitative estimate of drug-likeness (QED) is 0.446. The number of sulfone groups is 1. The van der Waals surface area contributed by atoms with E-state index in [4.69, 9.17) is 0 Å². The molecule has 6 nitrogen and oxygen atoms in total. The number of benzene rings is 2. The number of nitrogens with one attached hydrogen (secondary N) is 2. The Labute approximate surface area is 175 Å². The van der Waals surface area contributed by atoms with Crippen molar-refractivity contribution in [3.8, 4) is 11.3 Å². The van der Waals surface area contributed by atoms with E-state index in [-0.39, 0.29) is 0 Å². The Kier molecular flexibility index (Phi) is 7.00. The van der Waals surface area contributed by atoms with Crippen LogP contribution in [-0.4, -0.2) is 39.2 Å². The predicted molar refractivity (Wildman–Crippen MR) is 119 cm³/mol. The van der Waals surface area contributed by atoms with Crippen molar-refractivity contribution in [1.82, 2.24) is 15.6 Å². The Balaban J connectivity index is 1.47. The van der Waals surface area contributed by atoms with Gasteiger partial charge in [-0.25, -0.2) is 13.4 Å².